The third-order valence-corrected chi connectivity index (χ3v) is 4.67. The molecule has 144 valence electrons. The molecular weight excluding hydrogens is 410 g/mol. The zero-order valence-electron chi connectivity index (χ0n) is 14.3. The van der Waals surface area contributed by atoms with Gasteiger partial charge in [0.25, 0.3) is 5.91 Å². The molecular formula is C19H13Cl2FN2O4. The van der Waals surface area contributed by atoms with E-state index in [0.717, 1.165) is 17.1 Å². The number of benzene rings is 2. The number of hydrazine groups is 1. The van der Waals surface area contributed by atoms with Gasteiger partial charge in [0.05, 0.1) is 10.6 Å². The first kappa shape index (κ1) is 20.0. The maximum absolute atomic E-state index is 13.1. The van der Waals surface area contributed by atoms with E-state index in [1.54, 1.807) is 0 Å². The molecule has 0 radical (unpaired) electrons. The normalized spacial score (nSPS) is 13.8. The van der Waals surface area contributed by atoms with Gasteiger partial charge in [0.15, 0.2) is 5.78 Å². The van der Waals surface area contributed by atoms with Crippen molar-refractivity contribution in [1.82, 2.24) is 10.0 Å². The number of hydrogen-bond donors (Lipinski definition) is 0. The Morgan fingerprint density at radius 2 is 1.61 bits per heavy atom. The van der Waals surface area contributed by atoms with Crippen LogP contribution >= 0.6 is 23.2 Å². The third-order valence-electron chi connectivity index (χ3n) is 4.12. The van der Waals surface area contributed by atoms with Crippen molar-refractivity contribution in [3.8, 4) is 0 Å². The molecule has 9 heteroatoms. The van der Waals surface area contributed by atoms with E-state index in [2.05, 4.69) is 0 Å². The van der Waals surface area contributed by atoms with Crippen LogP contribution in [0.4, 0.5) is 4.39 Å². The smallest absolute Gasteiger partial charge is 0.274 e. The Morgan fingerprint density at radius 3 is 2.18 bits per heavy atom. The number of Topliss-reactive ketones (excluding diaryl/α,β-unsaturated/α-hetero) is 1. The van der Waals surface area contributed by atoms with Gasteiger partial charge in [-0.05, 0) is 42.5 Å². The van der Waals surface area contributed by atoms with Gasteiger partial charge in [-0.2, -0.15) is 5.01 Å². The molecule has 28 heavy (non-hydrogen) atoms. The van der Waals surface area contributed by atoms with Crippen molar-refractivity contribution in [2.45, 2.75) is 12.8 Å². The molecule has 2 aromatic carbocycles. The lowest BCUT2D eigenvalue weighted by Gasteiger charge is -2.29. The topological polar surface area (TPSA) is 74.8 Å². The number of imide groups is 1. The van der Waals surface area contributed by atoms with Gasteiger partial charge in [-0.3, -0.25) is 19.2 Å². The van der Waals surface area contributed by atoms with E-state index in [1.807, 2.05) is 0 Å². The van der Waals surface area contributed by atoms with Gasteiger partial charge in [-0.1, -0.05) is 23.2 Å². The van der Waals surface area contributed by atoms with Crippen LogP contribution in [-0.4, -0.2) is 40.1 Å². The van der Waals surface area contributed by atoms with Crippen LogP contribution < -0.4 is 0 Å². The molecule has 3 amide bonds. The quantitative estimate of drug-likeness (QED) is 0.545. The van der Waals surface area contributed by atoms with Crippen LogP contribution in [0.3, 0.4) is 0 Å². The highest BCUT2D eigenvalue weighted by Crippen LogP contribution is 2.25. The van der Waals surface area contributed by atoms with Crippen molar-refractivity contribution in [3.63, 3.8) is 0 Å². The van der Waals surface area contributed by atoms with Crippen LogP contribution in [0, 0.1) is 5.82 Å². The molecule has 0 atom stereocenters. The molecule has 3 rings (SSSR count). The van der Waals surface area contributed by atoms with E-state index < -0.39 is 35.9 Å². The molecule has 1 fully saturated rings. The Balaban J connectivity index is 1.96. The fourth-order valence-corrected chi connectivity index (χ4v) is 3.22. The van der Waals surface area contributed by atoms with Crippen molar-refractivity contribution in [2.75, 3.05) is 6.54 Å². The number of nitrogens with zero attached hydrogens (tertiary/aromatic N) is 2. The van der Waals surface area contributed by atoms with Crippen LogP contribution in [0.5, 0.6) is 0 Å². The summed E-state index contributed by atoms with van der Waals surface area (Å²) < 4.78 is 13.1. The Bertz CT molecular complexity index is 962. The minimum Gasteiger partial charge on any atom is -0.292 e. The van der Waals surface area contributed by atoms with Crippen LogP contribution in [0.25, 0.3) is 0 Å². The van der Waals surface area contributed by atoms with E-state index in [4.69, 9.17) is 23.2 Å². The summed E-state index contributed by atoms with van der Waals surface area (Å²) >= 11 is 11.9. The summed E-state index contributed by atoms with van der Waals surface area (Å²) in [6, 6.07) is 8.81. The molecule has 0 aliphatic carbocycles. The van der Waals surface area contributed by atoms with E-state index in [1.165, 1.54) is 30.3 Å². The van der Waals surface area contributed by atoms with Gasteiger partial charge in [0.1, 0.15) is 12.4 Å². The van der Waals surface area contributed by atoms with Crippen LogP contribution in [0.2, 0.25) is 10.0 Å². The highest BCUT2D eigenvalue weighted by molar-refractivity contribution is 6.36. The van der Waals surface area contributed by atoms with Crippen LogP contribution in [0.1, 0.15) is 33.6 Å². The average molecular weight is 423 g/mol. The highest BCUT2D eigenvalue weighted by atomic mass is 35.5. The second-order valence-electron chi connectivity index (χ2n) is 6.02. The molecule has 2 aromatic rings. The third kappa shape index (κ3) is 4.05. The number of carbonyl (C=O) groups excluding carboxylic acids is 4. The van der Waals surface area contributed by atoms with Crippen molar-refractivity contribution >= 4 is 46.7 Å². The molecule has 1 heterocycles. The van der Waals surface area contributed by atoms with Crippen LogP contribution in [0.15, 0.2) is 42.5 Å². The Kier molecular flexibility index (Phi) is 5.76. The summed E-state index contributed by atoms with van der Waals surface area (Å²) in [7, 11) is 0. The second kappa shape index (κ2) is 8.08. The standard InChI is InChI=1S/C19H13Cl2FN2O4/c20-12-3-6-14(15(21)9-12)19(28)23(24-17(26)7-8-18(24)27)10-16(25)11-1-4-13(22)5-2-11/h1-6,9H,7-8,10H2. The number of amides is 3. The molecule has 0 aromatic heterocycles. The highest BCUT2D eigenvalue weighted by Gasteiger charge is 2.38. The maximum Gasteiger partial charge on any atom is 0.274 e. The van der Waals surface area contributed by atoms with E-state index in [-0.39, 0.29) is 29.0 Å². The number of carbonyl (C=O) groups is 4. The molecule has 1 aliphatic heterocycles. The lowest BCUT2D eigenvalue weighted by atomic mass is 10.1. The molecule has 1 aliphatic rings. The predicted molar refractivity (Wildman–Crippen MR) is 99.3 cm³/mol. The molecule has 0 N–H and O–H groups in total. The Hall–Kier alpha value is -2.77. The van der Waals surface area contributed by atoms with Crippen molar-refractivity contribution < 1.29 is 23.6 Å². The first-order chi connectivity index (χ1) is 13.3. The zero-order valence-corrected chi connectivity index (χ0v) is 15.8. The van der Waals surface area contributed by atoms with Crippen LogP contribution in [-0.2, 0) is 9.59 Å². The lowest BCUT2D eigenvalue weighted by Crippen LogP contribution is -2.51. The summed E-state index contributed by atoms with van der Waals surface area (Å²) in [5.41, 5.74) is 0.103. The number of halogens is 3. The van der Waals surface area contributed by atoms with E-state index >= 15 is 0 Å². The van der Waals surface area contributed by atoms with E-state index in [0.29, 0.717) is 10.0 Å². The van der Waals surface area contributed by atoms with Gasteiger partial charge in [0.2, 0.25) is 11.8 Å². The maximum atomic E-state index is 13.1. The first-order valence-electron chi connectivity index (χ1n) is 8.19. The predicted octanol–water partition coefficient (Wildman–Crippen LogP) is 3.52. The average Bonchev–Trinajstić information content (AvgIpc) is 2.98. The molecule has 1 saturated heterocycles. The van der Waals surface area contributed by atoms with Gasteiger partial charge in [-0.25, -0.2) is 9.40 Å². The summed E-state index contributed by atoms with van der Waals surface area (Å²) in [5, 5.41) is 1.73. The number of rotatable bonds is 5. The van der Waals surface area contributed by atoms with E-state index in [9.17, 15) is 23.6 Å². The summed E-state index contributed by atoms with van der Waals surface area (Å²) in [4.78, 5) is 49.9. The molecule has 0 spiro atoms. The molecule has 0 unspecified atom stereocenters. The van der Waals surface area contributed by atoms with Crippen molar-refractivity contribution in [3.05, 3.63) is 69.5 Å². The first-order valence-corrected chi connectivity index (χ1v) is 8.95. The Morgan fingerprint density at radius 1 is 1.00 bits per heavy atom. The van der Waals surface area contributed by atoms with Gasteiger partial charge in [0, 0.05) is 23.4 Å². The van der Waals surface area contributed by atoms with Crippen molar-refractivity contribution in [2.24, 2.45) is 0 Å². The molecule has 6 nitrogen and oxygen atoms in total. The van der Waals surface area contributed by atoms with Crippen molar-refractivity contribution in [1.29, 1.82) is 0 Å². The number of hydrogen-bond acceptors (Lipinski definition) is 4. The number of ketones is 1. The molecule has 0 saturated carbocycles. The fourth-order valence-electron chi connectivity index (χ4n) is 2.73. The largest absolute Gasteiger partial charge is 0.292 e. The summed E-state index contributed by atoms with van der Waals surface area (Å²) in [6.07, 6.45) is -0.136. The molecule has 0 bridgehead atoms. The summed E-state index contributed by atoms with van der Waals surface area (Å²) in [5.74, 6) is -3.11. The minimum atomic E-state index is -0.805. The fraction of sp³-hybridized carbons (Fsp3) is 0.158. The van der Waals surface area contributed by atoms with Gasteiger partial charge >= 0.3 is 0 Å². The summed E-state index contributed by atoms with van der Waals surface area (Å²) in [6.45, 7) is -0.596. The Labute approximate surface area is 169 Å². The minimum absolute atomic E-state index is 0.0100. The monoisotopic (exact) mass is 422 g/mol. The lowest BCUT2D eigenvalue weighted by molar-refractivity contribution is -0.152. The van der Waals surface area contributed by atoms with Gasteiger partial charge in [-0.15, -0.1) is 0 Å². The van der Waals surface area contributed by atoms with Gasteiger partial charge < -0.3 is 0 Å². The second-order valence-corrected chi connectivity index (χ2v) is 6.86. The zero-order chi connectivity index (χ0) is 20.4. The SMILES string of the molecule is O=C(CN(C(=O)c1ccc(Cl)cc1Cl)N1C(=O)CCC1=O)c1ccc(F)cc1.